The predicted octanol–water partition coefficient (Wildman–Crippen LogP) is 4.43. The van der Waals surface area contributed by atoms with Gasteiger partial charge in [0.15, 0.2) is 6.10 Å². The highest BCUT2D eigenvalue weighted by molar-refractivity contribution is 9.10. The SMILES string of the molecule is C[C@@H](OC(=O)c1cc(F)ccc1Br)C(=O)Nc1ccc(Cl)cc1. The molecule has 1 atom stereocenters. The summed E-state index contributed by atoms with van der Waals surface area (Å²) in [5.41, 5.74) is 0.533. The van der Waals surface area contributed by atoms with E-state index in [-0.39, 0.29) is 5.56 Å². The lowest BCUT2D eigenvalue weighted by atomic mass is 10.2. The summed E-state index contributed by atoms with van der Waals surface area (Å²) in [4.78, 5) is 24.0. The summed E-state index contributed by atoms with van der Waals surface area (Å²) in [7, 11) is 0. The Kier molecular flexibility index (Phi) is 5.74. The van der Waals surface area contributed by atoms with Gasteiger partial charge in [-0.25, -0.2) is 9.18 Å². The molecule has 7 heteroatoms. The minimum atomic E-state index is -1.05. The van der Waals surface area contributed by atoms with E-state index in [1.54, 1.807) is 24.3 Å². The Hall–Kier alpha value is -1.92. The van der Waals surface area contributed by atoms with Gasteiger partial charge >= 0.3 is 5.97 Å². The smallest absolute Gasteiger partial charge is 0.340 e. The van der Waals surface area contributed by atoms with Gasteiger partial charge in [0.05, 0.1) is 5.56 Å². The number of carbonyl (C=O) groups is 2. The monoisotopic (exact) mass is 399 g/mol. The first-order valence-electron chi connectivity index (χ1n) is 6.59. The summed E-state index contributed by atoms with van der Waals surface area (Å²) in [6.07, 6.45) is -1.05. The Labute approximate surface area is 145 Å². The van der Waals surface area contributed by atoms with Crippen molar-refractivity contribution in [3.05, 3.63) is 63.3 Å². The van der Waals surface area contributed by atoms with Crippen LogP contribution in [0.1, 0.15) is 17.3 Å². The van der Waals surface area contributed by atoms with Crippen LogP contribution in [0.3, 0.4) is 0 Å². The molecule has 0 spiro atoms. The first-order chi connectivity index (χ1) is 10.9. The van der Waals surface area contributed by atoms with Gasteiger partial charge in [0, 0.05) is 15.2 Å². The molecule has 0 aliphatic heterocycles. The van der Waals surface area contributed by atoms with Crippen LogP contribution >= 0.6 is 27.5 Å². The van der Waals surface area contributed by atoms with E-state index in [0.717, 1.165) is 6.07 Å². The van der Waals surface area contributed by atoms with Crippen LogP contribution in [0.25, 0.3) is 0 Å². The molecule has 1 N–H and O–H groups in total. The van der Waals surface area contributed by atoms with Crippen LogP contribution < -0.4 is 5.32 Å². The number of ether oxygens (including phenoxy) is 1. The van der Waals surface area contributed by atoms with Gasteiger partial charge in [-0.05, 0) is 65.3 Å². The van der Waals surface area contributed by atoms with Crippen molar-refractivity contribution < 1.29 is 18.7 Å². The number of halogens is 3. The van der Waals surface area contributed by atoms with Crippen molar-refractivity contribution in [3.63, 3.8) is 0 Å². The van der Waals surface area contributed by atoms with Gasteiger partial charge in [0.2, 0.25) is 0 Å². The van der Waals surface area contributed by atoms with Gasteiger partial charge in [-0.3, -0.25) is 4.79 Å². The minimum absolute atomic E-state index is 0.0103. The third kappa shape index (κ3) is 4.77. The summed E-state index contributed by atoms with van der Waals surface area (Å²) < 4.78 is 18.6. The zero-order valence-corrected chi connectivity index (χ0v) is 14.3. The van der Waals surface area contributed by atoms with Gasteiger partial charge in [-0.1, -0.05) is 11.6 Å². The van der Waals surface area contributed by atoms with E-state index < -0.39 is 23.8 Å². The van der Waals surface area contributed by atoms with Crippen molar-refractivity contribution in [1.29, 1.82) is 0 Å². The molecule has 120 valence electrons. The molecule has 2 rings (SSSR count). The normalized spacial score (nSPS) is 11.7. The van der Waals surface area contributed by atoms with E-state index in [2.05, 4.69) is 21.2 Å². The van der Waals surface area contributed by atoms with Crippen LogP contribution in [0.4, 0.5) is 10.1 Å². The Morgan fingerprint density at radius 2 is 1.87 bits per heavy atom. The lowest BCUT2D eigenvalue weighted by Gasteiger charge is -2.14. The summed E-state index contributed by atoms with van der Waals surface area (Å²) in [5, 5.41) is 3.13. The van der Waals surface area contributed by atoms with Gasteiger partial charge < -0.3 is 10.1 Å². The van der Waals surface area contributed by atoms with Crippen molar-refractivity contribution in [2.45, 2.75) is 13.0 Å². The average Bonchev–Trinajstić information content (AvgIpc) is 2.51. The molecule has 0 saturated carbocycles. The summed E-state index contributed by atoms with van der Waals surface area (Å²) in [6, 6.07) is 10.1. The van der Waals surface area contributed by atoms with E-state index in [1.165, 1.54) is 19.1 Å². The number of amides is 1. The van der Waals surface area contributed by atoms with Crippen molar-refractivity contribution in [2.24, 2.45) is 0 Å². The van der Waals surface area contributed by atoms with Gasteiger partial charge in [0.1, 0.15) is 5.82 Å². The zero-order valence-electron chi connectivity index (χ0n) is 12.0. The molecule has 0 aromatic heterocycles. The second-order valence-corrected chi connectivity index (χ2v) is 5.96. The van der Waals surface area contributed by atoms with Crippen molar-refractivity contribution >= 4 is 45.1 Å². The molecule has 23 heavy (non-hydrogen) atoms. The Bertz CT molecular complexity index is 737. The number of hydrogen-bond acceptors (Lipinski definition) is 3. The van der Waals surface area contributed by atoms with Crippen LogP contribution in [0.2, 0.25) is 5.02 Å². The number of benzene rings is 2. The first kappa shape index (κ1) is 17.4. The van der Waals surface area contributed by atoms with E-state index >= 15 is 0 Å². The molecule has 0 radical (unpaired) electrons. The molecule has 0 fully saturated rings. The Balaban J connectivity index is 2.01. The molecule has 0 heterocycles. The second kappa shape index (κ2) is 7.57. The molecule has 0 bridgehead atoms. The molecular weight excluding hydrogens is 389 g/mol. The molecule has 2 aromatic carbocycles. The molecule has 4 nitrogen and oxygen atoms in total. The number of carbonyl (C=O) groups excluding carboxylic acids is 2. The van der Waals surface area contributed by atoms with Crippen LogP contribution in [-0.2, 0) is 9.53 Å². The highest BCUT2D eigenvalue weighted by atomic mass is 79.9. The average molecular weight is 401 g/mol. The van der Waals surface area contributed by atoms with E-state index in [9.17, 15) is 14.0 Å². The Morgan fingerprint density at radius 1 is 1.22 bits per heavy atom. The number of anilines is 1. The number of hydrogen-bond donors (Lipinski definition) is 1. The highest BCUT2D eigenvalue weighted by Gasteiger charge is 2.21. The summed E-state index contributed by atoms with van der Waals surface area (Å²) in [5.74, 6) is -1.87. The minimum Gasteiger partial charge on any atom is -0.449 e. The lowest BCUT2D eigenvalue weighted by molar-refractivity contribution is -0.123. The summed E-state index contributed by atoms with van der Waals surface area (Å²) in [6.45, 7) is 1.43. The van der Waals surface area contributed by atoms with E-state index in [1.807, 2.05) is 0 Å². The van der Waals surface area contributed by atoms with Crippen molar-refractivity contribution in [1.82, 2.24) is 0 Å². The van der Waals surface area contributed by atoms with Crippen molar-refractivity contribution in [3.8, 4) is 0 Å². The molecule has 0 saturated heterocycles. The fourth-order valence-electron chi connectivity index (χ4n) is 1.71. The highest BCUT2D eigenvalue weighted by Crippen LogP contribution is 2.20. The standard InChI is InChI=1S/C16H12BrClFNO3/c1-9(15(21)20-12-5-2-10(18)3-6-12)23-16(22)13-8-11(19)4-7-14(13)17/h2-9H,1H3,(H,20,21)/t9-/m1/s1. The number of esters is 1. The van der Waals surface area contributed by atoms with Gasteiger partial charge in [-0.15, -0.1) is 0 Å². The molecule has 2 aromatic rings. The largest absolute Gasteiger partial charge is 0.449 e. The maximum Gasteiger partial charge on any atom is 0.340 e. The predicted molar refractivity (Wildman–Crippen MR) is 89.1 cm³/mol. The molecule has 0 aliphatic carbocycles. The van der Waals surface area contributed by atoms with Gasteiger partial charge in [-0.2, -0.15) is 0 Å². The van der Waals surface area contributed by atoms with Crippen LogP contribution in [-0.4, -0.2) is 18.0 Å². The van der Waals surface area contributed by atoms with Crippen LogP contribution in [0, 0.1) is 5.82 Å². The topological polar surface area (TPSA) is 55.4 Å². The number of nitrogens with one attached hydrogen (secondary N) is 1. The molecule has 0 aliphatic rings. The third-order valence-electron chi connectivity index (χ3n) is 2.91. The fraction of sp³-hybridized carbons (Fsp3) is 0.125. The molecule has 1 amide bonds. The van der Waals surface area contributed by atoms with Crippen molar-refractivity contribution in [2.75, 3.05) is 5.32 Å². The maximum absolute atomic E-state index is 13.2. The summed E-state index contributed by atoms with van der Waals surface area (Å²) >= 11 is 8.90. The maximum atomic E-state index is 13.2. The van der Waals surface area contributed by atoms with Crippen LogP contribution in [0.5, 0.6) is 0 Å². The molecular formula is C16H12BrClFNO3. The van der Waals surface area contributed by atoms with Crippen LogP contribution in [0.15, 0.2) is 46.9 Å². The zero-order chi connectivity index (χ0) is 17.0. The Morgan fingerprint density at radius 3 is 2.52 bits per heavy atom. The van der Waals surface area contributed by atoms with Gasteiger partial charge in [0.25, 0.3) is 5.91 Å². The third-order valence-corrected chi connectivity index (χ3v) is 3.86. The quantitative estimate of drug-likeness (QED) is 0.773. The first-order valence-corrected chi connectivity index (χ1v) is 7.76. The second-order valence-electron chi connectivity index (χ2n) is 4.67. The fourth-order valence-corrected chi connectivity index (χ4v) is 2.24. The molecule has 0 unspecified atom stereocenters. The lowest BCUT2D eigenvalue weighted by Crippen LogP contribution is -2.30. The number of rotatable bonds is 4. The van der Waals surface area contributed by atoms with E-state index in [4.69, 9.17) is 16.3 Å². The van der Waals surface area contributed by atoms with E-state index in [0.29, 0.717) is 15.2 Å².